The number of anilines is 1. The van der Waals surface area contributed by atoms with Gasteiger partial charge >= 0.3 is 0 Å². The van der Waals surface area contributed by atoms with Gasteiger partial charge in [-0.2, -0.15) is 4.31 Å². The van der Waals surface area contributed by atoms with E-state index in [-0.39, 0.29) is 10.8 Å². The van der Waals surface area contributed by atoms with Crippen molar-refractivity contribution in [2.45, 2.75) is 34.9 Å². The molecule has 1 unspecified atom stereocenters. The van der Waals surface area contributed by atoms with Gasteiger partial charge in [-0.1, -0.05) is 23.4 Å². The molecule has 6 nitrogen and oxygen atoms in total. The molecule has 0 spiro atoms. The van der Waals surface area contributed by atoms with Crippen LogP contribution in [0.5, 0.6) is 0 Å². The lowest BCUT2D eigenvalue weighted by Gasteiger charge is -2.15. The molecule has 1 saturated heterocycles. The zero-order valence-corrected chi connectivity index (χ0v) is 17.1. The Hall–Kier alpha value is -1.61. The molecular weight excluding hydrogens is 406 g/mol. The van der Waals surface area contributed by atoms with E-state index in [0.29, 0.717) is 28.8 Å². The van der Waals surface area contributed by atoms with Crippen molar-refractivity contribution in [3.8, 4) is 0 Å². The number of sulfonamides is 1. The van der Waals surface area contributed by atoms with E-state index >= 15 is 0 Å². The Morgan fingerprint density at radius 2 is 1.85 bits per heavy atom. The van der Waals surface area contributed by atoms with Gasteiger partial charge < -0.3 is 5.32 Å². The molecule has 0 radical (unpaired) electrons. The van der Waals surface area contributed by atoms with Crippen molar-refractivity contribution >= 4 is 45.0 Å². The average Bonchev–Trinajstić information content (AvgIpc) is 3.19. The molecule has 2 aromatic rings. The van der Waals surface area contributed by atoms with Gasteiger partial charge in [0.05, 0.1) is 10.3 Å². The van der Waals surface area contributed by atoms with Crippen LogP contribution in [0.1, 0.15) is 19.8 Å². The maximum absolute atomic E-state index is 12.5. The molecule has 1 N–H and O–H groups in total. The van der Waals surface area contributed by atoms with Gasteiger partial charge in [-0.3, -0.25) is 4.79 Å². The average molecular weight is 426 g/mol. The maximum atomic E-state index is 12.5. The second kappa shape index (κ2) is 8.60. The smallest absolute Gasteiger partial charge is 0.244 e. The summed E-state index contributed by atoms with van der Waals surface area (Å²) in [6, 6.07) is 10.1. The first kappa shape index (κ1) is 20.1. The lowest BCUT2D eigenvalue weighted by atomic mass is 10.3. The molecule has 1 amide bonds. The molecule has 3 rings (SSSR count). The van der Waals surface area contributed by atoms with Crippen molar-refractivity contribution in [2.75, 3.05) is 18.4 Å². The number of carbonyl (C=O) groups is 1. The van der Waals surface area contributed by atoms with Crippen molar-refractivity contribution in [3.63, 3.8) is 0 Å². The molecule has 1 atom stereocenters. The van der Waals surface area contributed by atoms with E-state index in [2.05, 4.69) is 10.3 Å². The van der Waals surface area contributed by atoms with Crippen LogP contribution in [0.4, 0.5) is 5.69 Å². The molecule has 1 aromatic heterocycles. The molecule has 144 valence electrons. The lowest BCUT2D eigenvalue weighted by molar-refractivity contribution is -0.115. The van der Waals surface area contributed by atoms with Gasteiger partial charge in [-0.15, -0.1) is 0 Å². The van der Waals surface area contributed by atoms with Crippen molar-refractivity contribution in [1.29, 1.82) is 0 Å². The predicted molar refractivity (Wildman–Crippen MR) is 108 cm³/mol. The second-order valence-corrected chi connectivity index (χ2v) is 9.94. The van der Waals surface area contributed by atoms with E-state index in [1.54, 1.807) is 43.3 Å². The fourth-order valence-corrected chi connectivity index (χ4v) is 5.06. The number of nitrogens with one attached hydrogen (secondary N) is 1. The normalized spacial score (nSPS) is 16.2. The zero-order valence-electron chi connectivity index (χ0n) is 14.8. The van der Waals surface area contributed by atoms with Crippen molar-refractivity contribution in [2.24, 2.45) is 0 Å². The summed E-state index contributed by atoms with van der Waals surface area (Å²) in [4.78, 5) is 16.7. The third-order valence-corrected chi connectivity index (χ3v) is 7.38. The third-order valence-electron chi connectivity index (χ3n) is 4.19. The number of pyridine rings is 1. The number of benzene rings is 1. The highest BCUT2D eigenvalue weighted by Gasteiger charge is 2.27. The minimum absolute atomic E-state index is 0.169. The highest BCUT2D eigenvalue weighted by molar-refractivity contribution is 8.00. The van der Waals surface area contributed by atoms with Gasteiger partial charge in [-0.05, 0) is 56.2 Å². The number of halogens is 1. The van der Waals surface area contributed by atoms with E-state index in [0.717, 1.165) is 12.8 Å². The summed E-state index contributed by atoms with van der Waals surface area (Å²) in [5, 5.41) is 3.61. The van der Waals surface area contributed by atoms with Crippen molar-refractivity contribution < 1.29 is 13.2 Å². The monoisotopic (exact) mass is 425 g/mol. The lowest BCUT2D eigenvalue weighted by Crippen LogP contribution is -2.28. The van der Waals surface area contributed by atoms with Crippen LogP contribution in [0.3, 0.4) is 0 Å². The van der Waals surface area contributed by atoms with Crippen LogP contribution in [-0.2, 0) is 14.8 Å². The summed E-state index contributed by atoms with van der Waals surface area (Å²) in [5.74, 6) is -0.169. The van der Waals surface area contributed by atoms with Crippen LogP contribution in [0.15, 0.2) is 52.5 Å². The van der Waals surface area contributed by atoms with Crippen molar-refractivity contribution in [1.82, 2.24) is 9.29 Å². The van der Waals surface area contributed by atoms with Gasteiger partial charge in [0.15, 0.2) is 0 Å². The van der Waals surface area contributed by atoms with E-state index < -0.39 is 15.3 Å². The van der Waals surface area contributed by atoms with Crippen LogP contribution >= 0.6 is 23.4 Å². The third kappa shape index (κ3) is 5.01. The van der Waals surface area contributed by atoms with Crippen molar-refractivity contribution in [3.05, 3.63) is 47.6 Å². The first-order valence-corrected chi connectivity index (χ1v) is 11.3. The van der Waals surface area contributed by atoms with Crippen LogP contribution < -0.4 is 5.32 Å². The predicted octanol–water partition coefficient (Wildman–Crippen LogP) is 3.64. The van der Waals surface area contributed by atoms with E-state index in [4.69, 9.17) is 11.6 Å². The zero-order chi connectivity index (χ0) is 19.4. The quantitative estimate of drug-likeness (QED) is 0.715. The number of rotatable bonds is 6. The molecule has 1 aromatic carbocycles. The number of hydrogen-bond acceptors (Lipinski definition) is 5. The first-order chi connectivity index (χ1) is 12.9. The van der Waals surface area contributed by atoms with Gasteiger partial charge in [-0.25, -0.2) is 13.4 Å². The summed E-state index contributed by atoms with van der Waals surface area (Å²) in [6.07, 6.45) is 3.14. The number of thioether (sulfide) groups is 1. The Bertz CT molecular complexity index is 896. The number of nitrogens with zero attached hydrogens (tertiary/aromatic N) is 2. The molecule has 2 heterocycles. The molecule has 27 heavy (non-hydrogen) atoms. The first-order valence-electron chi connectivity index (χ1n) is 8.55. The Labute approximate surface area is 168 Å². The SMILES string of the molecule is CC(Sc1ccc(S(=O)(=O)N2CCCC2)cn1)C(=O)Nc1ccc(Cl)cc1. The van der Waals surface area contributed by atoms with Crippen LogP contribution in [-0.4, -0.2) is 42.0 Å². The topological polar surface area (TPSA) is 79.4 Å². The van der Waals surface area contributed by atoms with Crippen LogP contribution in [0.2, 0.25) is 5.02 Å². The number of carbonyl (C=O) groups excluding carboxylic acids is 1. The summed E-state index contributed by atoms with van der Waals surface area (Å²) < 4.78 is 26.5. The standard InChI is InChI=1S/C18H20ClN3O3S2/c1-13(18(23)21-15-6-4-14(19)5-7-15)26-17-9-8-16(12-20-17)27(24,25)22-10-2-3-11-22/h4-9,12-13H,2-3,10-11H2,1H3,(H,21,23). The van der Waals surface area contributed by atoms with E-state index in [9.17, 15) is 13.2 Å². The summed E-state index contributed by atoms with van der Waals surface area (Å²) >= 11 is 7.10. The largest absolute Gasteiger partial charge is 0.325 e. The Balaban J connectivity index is 1.61. The van der Waals surface area contributed by atoms with Gasteiger partial charge in [0.25, 0.3) is 0 Å². The molecule has 1 fully saturated rings. The highest BCUT2D eigenvalue weighted by atomic mass is 35.5. The number of aromatic nitrogens is 1. The minimum Gasteiger partial charge on any atom is -0.325 e. The number of hydrogen-bond donors (Lipinski definition) is 1. The highest BCUT2D eigenvalue weighted by Crippen LogP contribution is 2.25. The molecule has 1 aliphatic rings. The molecular formula is C18H20ClN3O3S2. The van der Waals surface area contributed by atoms with Crippen LogP contribution in [0.25, 0.3) is 0 Å². The van der Waals surface area contributed by atoms with Gasteiger partial charge in [0.2, 0.25) is 15.9 Å². The molecule has 1 aliphatic heterocycles. The van der Waals surface area contributed by atoms with Gasteiger partial charge in [0.1, 0.15) is 4.90 Å². The second-order valence-electron chi connectivity index (χ2n) is 6.20. The Kier molecular flexibility index (Phi) is 6.41. The minimum atomic E-state index is -3.47. The molecule has 0 bridgehead atoms. The maximum Gasteiger partial charge on any atom is 0.244 e. The fraction of sp³-hybridized carbons (Fsp3) is 0.333. The Morgan fingerprint density at radius 1 is 1.19 bits per heavy atom. The van der Waals surface area contributed by atoms with Gasteiger partial charge in [0, 0.05) is 30.0 Å². The molecule has 0 saturated carbocycles. The summed E-state index contributed by atoms with van der Waals surface area (Å²) in [6.45, 7) is 2.88. The Morgan fingerprint density at radius 3 is 2.44 bits per heavy atom. The summed E-state index contributed by atoms with van der Waals surface area (Å²) in [7, 11) is -3.47. The van der Waals surface area contributed by atoms with E-state index in [1.165, 1.54) is 22.3 Å². The fourth-order valence-electron chi connectivity index (χ4n) is 2.68. The summed E-state index contributed by atoms with van der Waals surface area (Å²) in [5.41, 5.74) is 0.664. The number of amides is 1. The van der Waals surface area contributed by atoms with E-state index in [1.807, 2.05) is 0 Å². The molecule has 0 aliphatic carbocycles. The molecule has 9 heteroatoms. The van der Waals surface area contributed by atoms with Crippen LogP contribution in [0, 0.1) is 0 Å².